The minimum Gasteiger partial charge on any atom is -0.372 e. The first-order valence-corrected chi connectivity index (χ1v) is 8.46. The van der Waals surface area contributed by atoms with E-state index in [0.717, 1.165) is 11.1 Å². The average molecular weight is 347 g/mol. The van der Waals surface area contributed by atoms with Gasteiger partial charge in [-0.2, -0.15) is 0 Å². The molecule has 0 bridgehead atoms. The topological polar surface area (TPSA) is 40.5 Å². The Hall–Kier alpha value is -2.98. The number of nitrogens with zero attached hydrogens (tertiary/aromatic N) is 1. The molecule has 0 fully saturated rings. The van der Waals surface area contributed by atoms with E-state index >= 15 is 0 Å². The van der Waals surface area contributed by atoms with Gasteiger partial charge in [-0.3, -0.25) is 4.79 Å². The summed E-state index contributed by atoms with van der Waals surface area (Å²) in [5.74, 6) is -0.953. The number of aryl methyl sites for hydroxylation is 1. The van der Waals surface area contributed by atoms with Crippen molar-refractivity contribution in [3.8, 4) is 0 Å². The maximum absolute atomic E-state index is 13.8. The molecule has 3 aromatic rings. The monoisotopic (exact) mass is 347 g/mol. The number of hydrogen-bond acceptors (Lipinski definition) is 2. The van der Waals surface area contributed by atoms with Crippen molar-refractivity contribution in [3.05, 3.63) is 101 Å². The highest BCUT2D eigenvalue weighted by molar-refractivity contribution is 6.09. The number of carbonyl (C=O) groups is 1. The standard InChI is InChI=1S/C22H18FNO2/c1-15-7-2-3-8-16(15)14-24-20-12-5-4-11-19(20)22(26,21(24)25)17-9-6-10-18(23)13-17/h2-13,26H,14H2,1H3. The van der Waals surface area contributed by atoms with Crippen molar-refractivity contribution in [2.45, 2.75) is 19.1 Å². The zero-order valence-corrected chi connectivity index (χ0v) is 14.3. The van der Waals surface area contributed by atoms with Gasteiger partial charge in [-0.05, 0) is 36.2 Å². The summed E-state index contributed by atoms with van der Waals surface area (Å²) >= 11 is 0. The minimum atomic E-state index is -1.89. The van der Waals surface area contributed by atoms with Crippen LogP contribution in [0.1, 0.15) is 22.3 Å². The third kappa shape index (κ3) is 2.42. The van der Waals surface area contributed by atoms with Gasteiger partial charge in [0.25, 0.3) is 5.91 Å². The SMILES string of the molecule is Cc1ccccc1CN1C(=O)C(O)(c2cccc(F)c2)c2ccccc21. The highest BCUT2D eigenvalue weighted by Gasteiger charge is 2.51. The molecular formula is C22H18FNO2. The van der Waals surface area contributed by atoms with Gasteiger partial charge in [0.1, 0.15) is 5.82 Å². The van der Waals surface area contributed by atoms with Crippen LogP contribution in [-0.2, 0) is 16.9 Å². The summed E-state index contributed by atoms with van der Waals surface area (Å²) in [7, 11) is 0. The third-order valence-electron chi connectivity index (χ3n) is 4.97. The normalized spacial score (nSPS) is 18.9. The zero-order chi connectivity index (χ0) is 18.3. The second-order valence-electron chi connectivity index (χ2n) is 6.56. The summed E-state index contributed by atoms with van der Waals surface area (Å²) < 4.78 is 13.8. The highest BCUT2D eigenvalue weighted by Crippen LogP contribution is 2.45. The predicted octanol–water partition coefficient (Wildman–Crippen LogP) is 3.92. The van der Waals surface area contributed by atoms with Crippen LogP contribution in [0.15, 0.2) is 72.8 Å². The molecule has 0 radical (unpaired) electrons. The molecule has 1 heterocycles. The van der Waals surface area contributed by atoms with Crippen LogP contribution in [0.5, 0.6) is 0 Å². The molecule has 1 unspecified atom stereocenters. The van der Waals surface area contributed by atoms with E-state index in [9.17, 15) is 14.3 Å². The molecular weight excluding hydrogens is 329 g/mol. The third-order valence-corrected chi connectivity index (χ3v) is 4.97. The van der Waals surface area contributed by atoms with Crippen molar-refractivity contribution in [2.24, 2.45) is 0 Å². The Morgan fingerprint density at radius 1 is 1.00 bits per heavy atom. The molecule has 1 aliphatic rings. The number of aliphatic hydroxyl groups is 1. The van der Waals surface area contributed by atoms with Crippen LogP contribution in [0.3, 0.4) is 0 Å². The summed E-state index contributed by atoms with van der Waals surface area (Å²) in [5.41, 5.74) is 1.54. The number of para-hydroxylation sites is 1. The Labute approximate surface area is 151 Å². The summed E-state index contributed by atoms with van der Waals surface area (Å²) in [6.45, 7) is 2.33. The number of halogens is 1. The van der Waals surface area contributed by atoms with E-state index in [1.165, 1.54) is 18.2 Å². The predicted molar refractivity (Wildman–Crippen MR) is 98.2 cm³/mol. The van der Waals surface area contributed by atoms with Gasteiger partial charge in [0.2, 0.25) is 0 Å². The van der Waals surface area contributed by atoms with Crippen LogP contribution in [0.25, 0.3) is 0 Å². The Bertz CT molecular complexity index is 1000. The van der Waals surface area contributed by atoms with Crippen molar-refractivity contribution < 1.29 is 14.3 Å². The maximum atomic E-state index is 13.8. The Morgan fingerprint density at radius 3 is 2.50 bits per heavy atom. The van der Waals surface area contributed by atoms with Crippen LogP contribution in [0.2, 0.25) is 0 Å². The first-order valence-electron chi connectivity index (χ1n) is 8.46. The molecule has 0 saturated heterocycles. The number of fused-ring (bicyclic) bond motifs is 1. The number of carbonyl (C=O) groups excluding carboxylic acids is 1. The van der Waals surface area contributed by atoms with E-state index in [1.54, 1.807) is 23.1 Å². The fourth-order valence-corrected chi connectivity index (χ4v) is 3.54. The summed E-state index contributed by atoms with van der Waals surface area (Å²) in [5, 5.41) is 11.4. The molecule has 26 heavy (non-hydrogen) atoms. The smallest absolute Gasteiger partial charge is 0.268 e. The van der Waals surface area contributed by atoms with Gasteiger partial charge in [-0.15, -0.1) is 0 Å². The lowest BCUT2D eigenvalue weighted by atomic mass is 9.87. The van der Waals surface area contributed by atoms with E-state index in [2.05, 4.69) is 0 Å². The molecule has 4 heteroatoms. The second-order valence-corrected chi connectivity index (χ2v) is 6.56. The number of anilines is 1. The summed E-state index contributed by atoms with van der Waals surface area (Å²) in [6, 6.07) is 20.5. The van der Waals surface area contributed by atoms with Crippen molar-refractivity contribution in [2.75, 3.05) is 4.90 Å². The molecule has 0 saturated carbocycles. The fourth-order valence-electron chi connectivity index (χ4n) is 3.54. The maximum Gasteiger partial charge on any atom is 0.268 e. The lowest BCUT2D eigenvalue weighted by Crippen LogP contribution is -2.41. The van der Waals surface area contributed by atoms with E-state index in [0.29, 0.717) is 17.8 Å². The first-order chi connectivity index (χ1) is 12.5. The lowest BCUT2D eigenvalue weighted by molar-refractivity contribution is -0.132. The summed E-state index contributed by atoms with van der Waals surface area (Å²) in [4.78, 5) is 14.8. The molecule has 3 nitrogen and oxygen atoms in total. The zero-order valence-electron chi connectivity index (χ0n) is 14.3. The van der Waals surface area contributed by atoms with Crippen LogP contribution in [0.4, 0.5) is 10.1 Å². The van der Waals surface area contributed by atoms with E-state index < -0.39 is 17.3 Å². The molecule has 1 amide bonds. The molecule has 0 aliphatic carbocycles. The fraction of sp³-hybridized carbons (Fsp3) is 0.136. The largest absolute Gasteiger partial charge is 0.372 e. The number of amides is 1. The molecule has 0 spiro atoms. The summed E-state index contributed by atoms with van der Waals surface area (Å²) in [6.07, 6.45) is 0. The van der Waals surface area contributed by atoms with Gasteiger partial charge in [-0.25, -0.2) is 4.39 Å². The Kier molecular flexibility index (Phi) is 3.85. The molecule has 1 atom stereocenters. The van der Waals surface area contributed by atoms with Gasteiger partial charge in [0, 0.05) is 11.1 Å². The first kappa shape index (κ1) is 16.5. The average Bonchev–Trinajstić information content (AvgIpc) is 2.87. The number of rotatable bonds is 3. The molecule has 0 aromatic heterocycles. The number of benzene rings is 3. The highest BCUT2D eigenvalue weighted by atomic mass is 19.1. The molecule has 3 aromatic carbocycles. The Morgan fingerprint density at radius 2 is 1.73 bits per heavy atom. The quantitative estimate of drug-likeness (QED) is 0.780. The van der Waals surface area contributed by atoms with Crippen molar-refractivity contribution in [1.29, 1.82) is 0 Å². The van der Waals surface area contributed by atoms with Crippen molar-refractivity contribution in [3.63, 3.8) is 0 Å². The van der Waals surface area contributed by atoms with E-state index in [1.807, 2.05) is 43.3 Å². The molecule has 1 N–H and O–H groups in total. The minimum absolute atomic E-state index is 0.238. The second kappa shape index (κ2) is 6.07. The molecule has 130 valence electrons. The van der Waals surface area contributed by atoms with Crippen LogP contribution < -0.4 is 4.90 Å². The van der Waals surface area contributed by atoms with Crippen LogP contribution in [-0.4, -0.2) is 11.0 Å². The molecule has 4 rings (SSSR count). The van der Waals surface area contributed by atoms with Crippen LogP contribution in [0, 0.1) is 12.7 Å². The molecule has 1 aliphatic heterocycles. The van der Waals surface area contributed by atoms with E-state index in [4.69, 9.17) is 0 Å². The Balaban J connectivity index is 1.84. The van der Waals surface area contributed by atoms with Gasteiger partial charge in [0.05, 0.1) is 12.2 Å². The van der Waals surface area contributed by atoms with Gasteiger partial charge in [0.15, 0.2) is 5.60 Å². The lowest BCUT2D eigenvalue weighted by Gasteiger charge is -2.24. The van der Waals surface area contributed by atoms with E-state index in [-0.39, 0.29) is 5.56 Å². The van der Waals surface area contributed by atoms with Crippen molar-refractivity contribution in [1.82, 2.24) is 0 Å². The van der Waals surface area contributed by atoms with Crippen LogP contribution >= 0.6 is 0 Å². The number of hydrogen-bond donors (Lipinski definition) is 1. The van der Waals surface area contributed by atoms with Gasteiger partial charge < -0.3 is 10.0 Å². The van der Waals surface area contributed by atoms with Crippen molar-refractivity contribution >= 4 is 11.6 Å². The van der Waals surface area contributed by atoms with Gasteiger partial charge >= 0.3 is 0 Å². The van der Waals surface area contributed by atoms with Gasteiger partial charge in [-0.1, -0.05) is 54.6 Å².